The molecule has 3 aromatic rings. The van der Waals surface area contributed by atoms with Crippen LogP contribution in [-0.2, 0) is 16.1 Å². The van der Waals surface area contributed by atoms with Crippen molar-refractivity contribution in [2.75, 3.05) is 25.1 Å². The lowest BCUT2D eigenvalue weighted by Crippen LogP contribution is -2.34. The summed E-state index contributed by atoms with van der Waals surface area (Å²) in [5.74, 6) is 0.139. The molecule has 8 nitrogen and oxygen atoms in total. The fourth-order valence-electron chi connectivity index (χ4n) is 3.51. The van der Waals surface area contributed by atoms with E-state index in [1.807, 2.05) is 42.6 Å². The van der Waals surface area contributed by atoms with Crippen LogP contribution < -0.4 is 15.0 Å². The first kappa shape index (κ1) is 19.6. The largest absolute Gasteiger partial charge is 0.497 e. The summed E-state index contributed by atoms with van der Waals surface area (Å²) in [5, 5.41) is 7.44. The van der Waals surface area contributed by atoms with Gasteiger partial charge in [0.15, 0.2) is 0 Å². The van der Waals surface area contributed by atoms with Crippen LogP contribution in [0.4, 0.5) is 5.69 Å². The minimum atomic E-state index is -0.367. The van der Waals surface area contributed by atoms with E-state index in [-0.39, 0.29) is 24.2 Å². The highest BCUT2D eigenvalue weighted by Gasteiger charge is 2.35. The Bertz CT molecular complexity index is 1030. The maximum absolute atomic E-state index is 12.6. The quantitative estimate of drug-likeness (QED) is 0.650. The third-order valence-electron chi connectivity index (χ3n) is 5.12. The van der Waals surface area contributed by atoms with Crippen LogP contribution in [-0.4, -0.2) is 46.8 Å². The van der Waals surface area contributed by atoms with Gasteiger partial charge in [-0.05, 0) is 30.3 Å². The van der Waals surface area contributed by atoms with Gasteiger partial charge in [-0.1, -0.05) is 6.07 Å². The average Bonchev–Trinajstić information content (AvgIpc) is 3.41. The van der Waals surface area contributed by atoms with Crippen molar-refractivity contribution >= 4 is 17.5 Å². The lowest BCUT2D eigenvalue weighted by Gasteiger charge is -2.17. The number of benzene rings is 1. The normalized spacial score (nSPS) is 16.0. The Morgan fingerprint density at radius 3 is 2.87 bits per heavy atom. The number of rotatable bonds is 7. The standard InChI is InChI=1S/C22H23N5O3/c1-30-19-4-2-3-18(14-19)27-15-17(13-21(27)28)22(29)24-10-12-26-11-7-20(25-26)16-5-8-23-9-6-16/h2-9,11,14,17H,10,12-13,15H2,1H3,(H,24,29). The molecule has 1 fully saturated rings. The first-order chi connectivity index (χ1) is 14.6. The van der Waals surface area contributed by atoms with E-state index in [0.717, 1.165) is 16.9 Å². The molecular formula is C22H23N5O3. The van der Waals surface area contributed by atoms with Crippen LogP contribution in [0.15, 0.2) is 61.1 Å². The second-order valence-corrected chi connectivity index (χ2v) is 7.10. The zero-order chi connectivity index (χ0) is 20.9. The molecule has 30 heavy (non-hydrogen) atoms. The van der Waals surface area contributed by atoms with Gasteiger partial charge in [0.25, 0.3) is 0 Å². The van der Waals surface area contributed by atoms with E-state index in [2.05, 4.69) is 15.4 Å². The maximum atomic E-state index is 12.6. The molecule has 2 aromatic heterocycles. The van der Waals surface area contributed by atoms with E-state index in [9.17, 15) is 9.59 Å². The fourth-order valence-corrected chi connectivity index (χ4v) is 3.51. The van der Waals surface area contributed by atoms with Gasteiger partial charge in [0.2, 0.25) is 11.8 Å². The predicted molar refractivity (Wildman–Crippen MR) is 112 cm³/mol. The predicted octanol–water partition coefficient (Wildman–Crippen LogP) is 2.12. The molecule has 1 aliphatic rings. The molecule has 1 N–H and O–H groups in total. The van der Waals surface area contributed by atoms with Crippen molar-refractivity contribution in [1.29, 1.82) is 0 Å². The Hall–Kier alpha value is -3.68. The molecule has 1 saturated heterocycles. The highest BCUT2D eigenvalue weighted by atomic mass is 16.5. The van der Waals surface area contributed by atoms with E-state index in [1.165, 1.54) is 0 Å². The Labute approximate surface area is 174 Å². The third-order valence-corrected chi connectivity index (χ3v) is 5.12. The van der Waals surface area contributed by atoms with Gasteiger partial charge in [-0.15, -0.1) is 0 Å². The monoisotopic (exact) mass is 405 g/mol. The first-order valence-corrected chi connectivity index (χ1v) is 9.80. The Balaban J connectivity index is 1.29. The number of hydrogen-bond acceptors (Lipinski definition) is 5. The van der Waals surface area contributed by atoms with Crippen molar-refractivity contribution in [3.63, 3.8) is 0 Å². The smallest absolute Gasteiger partial charge is 0.227 e. The second-order valence-electron chi connectivity index (χ2n) is 7.10. The zero-order valence-corrected chi connectivity index (χ0v) is 16.7. The molecule has 1 unspecified atom stereocenters. The van der Waals surface area contributed by atoms with Gasteiger partial charge < -0.3 is 15.0 Å². The third kappa shape index (κ3) is 4.32. The lowest BCUT2D eigenvalue weighted by molar-refractivity contribution is -0.126. The summed E-state index contributed by atoms with van der Waals surface area (Å²) in [7, 11) is 1.58. The van der Waals surface area contributed by atoms with Crippen molar-refractivity contribution in [2.45, 2.75) is 13.0 Å². The number of nitrogens with zero attached hydrogens (tertiary/aromatic N) is 4. The number of carbonyl (C=O) groups is 2. The summed E-state index contributed by atoms with van der Waals surface area (Å²) in [6.07, 6.45) is 5.54. The van der Waals surface area contributed by atoms with Crippen LogP contribution in [0.1, 0.15) is 6.42 Å². The second kappa shape index (κ2) is 8.77. The molecule has 1 aliphatic heterocycles. The molecule has 0 spiro atoms. The van der Waals surface area contributed by atoms with Crippen molar-refractivity contribution in [1.82, 2.24) is 20.1 Å². The summed E-state index contributed by atoms with van der Waals surface area (Å²) in [5.41, 5.74) is 2.60. The van der Waals surface area contributed by atoms with Crippen LogP contribution in [0.25, 0.3) is 11.3 Å². The number of methoxy groups -OCH3 is 1. The Morgan fingerprint density at radius 2 is 2.07 bits per heavy atom. The molecule has 2 amide bonds. The van der Waals surface area contributed by atoms with Crippen LogP contribution in [0.2, 0.25) is 0 Å². The molecule has 1 atom stereocenters. The van der Waals surface area contributed by atoms with E-state index in [4.69, 9.17) is 4.74 Å². The van der Waals surface area contributed by atoms with Gasteiger partial charge in [-0.3, -0.25) is 19.3 Å². The summed E-state index contributed by atoms with van der Waals surface area (Å²) in [6, 6.07) is 13.0. The average molecular weight is 405 g/mol. The summed E-state index contributed by atoms with van der Waals surface area (Å²) in [4.78, 5) is 30.6. The van der Waals surface area contributed by atoms with Crippen LogP contribution in [0.3, 0.4) is 0 Å². The number of ether oxygens (including phenoxy) is 1. The number of nitrogens with one attached hydrogen (secondary N) is 1. The first-order valence-electron chi connectivity index (χ1n) is 9.80. The van der Waals surface area contributed by atoms with Crippen LogP contribution in [0.5, 0.6) is 5.75 Å². The molecule has 0 bridgehead atoms. The van der Waals surface area contributed by atoms with E-state index >= 15 is 0 Å². The number of amides is 2. The van der Waals surface area contributed by atoms with Crippen molar-refractivity contribution in [3.8, 4) is 17.0 Å². The number of pyridine rings is 1. The molecule has 8 heteroatoms. The Kier molecular flexibility index (Phi) is 5.74. The topological polar surface area (TPSA) is 89.3 Å². The van der Waals surface area contributed by atoms with Gasteiger partial charge in [0, 0.05) is 55.4 Å². The number of anilines is 1. The van der Waals surface area contributed by atoms with Crippen LogP contribution in [0, 0.1) is 5.92 Å². The van der Waals surface area contributed by atoms with E-state index in [1.54, 1.807) is 35.2 Å². The van der Waals surface area contributed by atoms with Gasteiger partial charge in [0.05, 0.1) is 25.3 Å². The van der Waals surface area contributed by atoms with Crippen LogP contribution >= 0.6 is 0 Å². The Morgan fingerprint density at radius 1 is 1.23 bits per heavy atom. The minimum absolute atomic E-state index is 0.0579. The zero-order valence-electron chi connectivity index (χ0n) is 16.7. The van der Waals surface area contributed by atoms with Gasteiger partial charge in [-0.25, -0.2) is 0 Å². The summed E-state index contributed by atoms with van der Waals surface area (Å²) >= 11 is 0. The molecule has 1 aromatic carbocycles. The lowest BCUT2D eigenvalue weighted by atomic mass is 10.1. The minimum Gasteiger partial charge on any atom is -0.497 e. The molecule has 0 aliphatic carbocycles. The maximum Gasteiger partial charge on any atom is 0.227 e. The van der Waals surface area contributed by atoms with Gasteiger partial charge in [-0.2, -0.15) is 5.10 Å². The van der Waals surface area contributed by atoms with Gasteiger partial charge in [0.1, 0.15) is 5.75 Å². The molecule has 4 rings (SSSR count). The molecule has 0 radical (unpaired) electrons. The van der Waals surface area contributed by atoms with Crippen molar-refractivity contribution in [3.05, 3.63) is 61.1 Å². The fraction of sp³-hybridized carbons (Fsp3) is 0.273. The molecule has 0 saturated carbocycles. The SMILES string of the molecule is COc1cccc(N2CC(C(=O)NCCn3ccc(-c4ccncc4)n3)CC2=O)c1. The van der Waals surface area contributed by atoms with Gasteiger partial charge >= 0.3 is 0 Å². The van der Waals surface area contributed by atoms with E-state index in [0.29, 0.717) is 25.4 Å². The molecular weight excluding hydrogens is 382 g/mol. The van der Waals surface area contributed by atoms with E-state index < -0.39 is 0 Å². The molecule has 3 heterocycles. The number of aromatic nitrogens is 3. The van der Waals surface area contributed by atoms with Crippen molar-refractivity contribution < 1.29 is 14.3 Å². The number of hydrogen-bond donors (Lipinski definition) is 1. The molecule has 154 valence electrons. The summed E-state index contributed by atoms with van der Waals surface area (Å²) in [6.45, 7) is 1.36. The number of carbonyl (C=O) groups excluding carboxylic acids is 2. The summed E-state index contributed by atoms with van der Waals surface area (Å²) < 4.78 is 7.01. The van der Waals surface area contributed by atoms with Crippen molar-refractivity contribution in [2.24, 2.45) is 5.92 Å². The highest BCUT2D eigenvalue weighted by Crippen LogP contribution is 2.28. The highest BCUT2D eigenvalue weighted by molar-refractivity contribution is 6.00.